The fraction of sp³-hybridized carbons (Fsp3) is 0.600. The lowest BCUT2D eigenvalue weighted by Gasteiger charge is -2.24. The van der Waals surface area contributed by atoms with Gasteiger partial charge in [-0.3, -0.25) is 0 Å². The minimum Gasteiger partial charge on any atom is -0.491 e. The number of benzene rings is 1. The van der Waals surface area contributed by atoms with E-state index in [1.807, 2.05) is 31.3 Å². The molecule has 9 nitrogen and oxygen atoms in total. The molecule has 3 aliphatic heterocycles. The molecule has 9 heteroatoms. The summed E-state index contributed by atoms with van der Waals surface area (Å²) in [5.41, 5.74) is 1.99. The molecule has 0 aliphatic carbocycles. The number of aliphatic hydroxyl groups excluding tert-OH is 1. The van der Waals surface area contributed by atoms with E-state index in [1.54, 1.807) is 0 Å². The topological polar surface area (TPSA) is 104 Å². The monoisotopic (exact) mass is 468 g/mol. The number of nitrogens with one attached hydrogen (secondary N) is 3. The molecule has 0 spiro atoms. The molecule has 5 rings (SSSR count). The molecule has 1 aromatic heterocycles. The van der Waals surface area contributed by atoms with Gasteiger partial charge in [-0.2, -0.15) is 0 Å². The van der Waals surface area contributed by atoms with Gasteiger partial charge in [-0.25, -0.2) is 9.97 Å². The lowest BCUT2D eigenvalue weighted by atomic mass is 10.0. The number of aliphatic hydroxyl groups is 1. The quantitative estimate of drug-likeness (QED) is 0.433. The molecule has 0 amide bonds. The zero-order valence-electron chi connectivity index (χ0n) is 20.1. The molecule has 4 unspecified atom stereocenters. The van der Waals surface area contributed by atoms with Crippen LogP contribution in [0.15, 0.2) is 24.3 Å². The van der Waals surface area contributed by atoms with E-state index in [1.165, 1.54) is 0 Å². The minimum atomic E-state index is -0.565. The molecule has 4 atom stereocenters. The van der Waals surface area contributed by atoms with Crippen molar-refractivity contribution in [1.82, 2.24) is 20.6 Å². The molecular formula is C25H36N6O3. The predicted molar refractivity (Wildman–Crippen MR) is 133 cm³/mol. The third kappa shape index (κ3) is 5.12. The van der Waals surface area contributed by atoms with E-state index >= 15 is 0 Å². The molecule has 0 bridgehead atoms. The van der Waals surface area contributed by atoms with Gasteiger partial charge >= 0.3 is 0 Å². The van der Waals surface area contributed by atoms with E-state index < -0.39 is 6.10 Å². The van der Waals surface area contributed by atoms with Gasteiger partial charge in [0.05, 0.1) is 12.6 Å². The van der Waals surface area contributed by atoms with Gasteiger partial charge in [-0.15, -0.1) is 0 Å². The molecule has 184 valence electrons. The van der Waals surface area contributed by atoms with Crippen LogP contribution in [0.2, 0.25) is 0 Å². The van der Waals surface area contributed by atoms with Crippen LogP contribution in [-0.2, 0) is 4.74 Å². The van der Waals surface area contributed by atoms with Crippen LogP contribution in [0.3, 0.4) is 0 Å². The van der Waals surface area contributed by atoms with E-state index in [0.717, 1.165) is 62.0 Å². The number of hydrogen-bond donors (Lipinski definition) is 4. The SMILES string of the molecule is CNCC(O)COc1cccc(-c2nc(NC3CCOC3)c(C)c(N3CC4CNCC4C3)n2)c1. The summed E-state index contributed by atoms with van der Waals surface area (Å²) in [5, 5.41) is 20.1. The maximum Gasteiger partial charge on any atom is 0.164 e. The predicted octanol–water partition coefficient (Wildman–Crippen LogP) is 1.27. The summed E-state index contributed by atoms with van der Waals surface area (Å²) in [6.45, 7) is 8.52. The molecule has 0 radical (unpaired) electrons. The van der Waals surface area contributed by atoms with Crippen molar-refractivity contribution in [3.8, 4) is 17.1 Å². The second-order valence-electron chi connectivity index (χ2n) is 9.68. The molecule has 3 saturated heterocycles. The minimum absolute atomic E-state index is 0.226. The highest BCUT2D eigenvalue weighted by Crippen LogP contribution is 2.35. The Hall–Kier alpha value is -2.46. The maximum absolute atomic E-state index is 9.98. The van der Waals surface area contributed by atoms with Gasteiger partial charge in [0.2, 0.25) is 0 Å². The first-order valence-corrected chi connectivity index (χ1v) is 12.3. The van der Waals surface area contributed by atoms with Crippen LogP contribution in [0.25, 0.3) is 11.4 Å². The smallest absolute Gasteiger partial charge is 0.164 e. The fourth-order valence-corrected chi connectivity index (χ4v) is 5.16. The van der Waals surface area contributed by atoms with Crippen LogP contribution in [0.5, 0.6) is 5.75 Å². The Kier molecular flexibility index (Phi) is 7.15. The van der Waals surface area contributed by atoms with Crippen molar-refractivity contribution in [2.24, 2.45) is 11.8 Å². The number of likely N-dealkylation sites (N-methyl/N-ethyl adjacent to an activating group) is 1. The van der Waals surface area contributed by atoms with Crippen molar-refractivity contribution in [3.05, 3.63) is 29.8 Å². The Morgan fingerprint density at radius 2 is 2.09 bits per heavy atom. The van der Waals surface area contributed by atoms with Gasteiger partial charge in [0.1, 0.15) is 30.1 Å². The molecule has 3 aliphatic rings. The summed E-state index contributed by atoms with van der Waals surface area (Å²) in [6.07, 6.45) is 0.413. The van der Waals surface area contributed by atoms with Crippen molar-refractivity contribution in [2.75, 3.05) is 69.8 Å². The second kappa shape index (κ2) is 10.4. The summed E-state index contributed by atoms with van der Waals surface area (Å²) < 4.78 is 11.4. The Balaban J connectivity index is 1.43. The van der Waals surface area contributed by atoms with E-state index in [4.69, 9.17) is 19.4 Å². The third-order valence-corrected chi connectivity index (χ3v) is 7.05. The van der Waals surface area contributed by atoms with Gasteiger partial charge in [0.25, 0.3) is 0 Å². The normalized spacial score (nSPS) is 24.9. The second-order valence-corrected chi connectivity index (χ2v) is 9.68. The maximum atomic E-state index is 9.98. The Labute approximate surface area is 201 Å². The first-order chi connectivity index (χ1) is 16.6. The summed E-state index contributed by atoms with van der Waals surface area (Å²) in [7, 11) is 1.81. The zero-order chi connectivity index (χ0) is 23.5. The average molecular weight is 469 g/mol. The highest BCUT2D eigenvalue weighted by molar-refractivity contribution is 5.67. The van der Waals surface area contributed by atoms with E-state index in [-0.39, 0.29) is 12.6 Å². The van der Waals surface area contributed by atoms with Gasteiger partial charge in [0.15, 0.2) is 5.82 Å². The number of ether oxygens (including phenoxy) is 2. The molecule has 4 heterocycles. The van der Waals surface area contributed by atoms with Gasteiger partial charge in [-0.05, 0) is 44.4 Å². The van der Waals surface area contributed by atoms with Crippen LogP contribution < -0.4 is 25.6 Å². The van der Waals surface area contributed by atoms with E-state index in [0.29, 0.717) is 36.6 Å². The Morgan fingerprint density at radius 1 is 1.26 bits per heavy atom. The largest absolute Gasteiger partial charge is 0.491 e. The van der Waals surface area contributed by atoms with Gasteiger partial charge < -0.3 is 35.4 Å². The number of rotatable bonds is 9. The summed E-state index contributed by atoms with van der Waals surface area (Å²) in [5.74, 6) is 4.62. The molecule has 4 N–H and O–H groups in total. The standard InChI is InChI=1S/C25H36N6O3/c1-16-23(28-20-6-7-33-14-20)29-24(30-25(16)31-12-18-9-27-10-19(18)13-31)17-4-3-5-22(8-17)34-15-21(32)11-26-2/h3-5,8,18-21,26-27,32H,6-7,9-15H2,1-2H3,(H,28,29,30). The van der Waals surface area contributed by atoms with Crippen molar-refractivity contribution in [3.63, 3.8) is 0 Å². The molecular weight excluding hydrogens is 432 g/mol. The van der Waals surface area contributed by atoms with Crippen molar-refractivity contribution in [2.45, 2.75) is 25.5 Å². The third-order valence-electron chi connectivity index (χ3n) is 7.05. The molecule has 0 saturated carbocycles. The van der Waals surface area contributed by atoms with E-state index in [2.05, 4.69) is 27.8 Å². The van der Waals surface area contributed by atoms with Gasteiger partial charge in [-0.1, -0.05) is 12.1 Å². The van der Waals surface area contributed by atoms with Crippen LogP contribution in [0.1, 0.15) is 12.0 Å². The lowest BCUT2D eigenvalue weighted by molar-refractivity contribution is 0.108. The van der Waals surface area contributed by atoms with Crippen molar-refractivity contribution < 1.29 is 14.6 Å². The first-order valence-electron chi connectivity index (χ1n) is 12.3. The lowest BCUT2D eigenvalue weighted by Crippen LogP contribution is -2.29. The highest BCUT2D eigenvalue weighted by atomic mass is 16.5. The van der Waals surface area contributed by atoms with Crippen LogP contribution in [-0.4, -0.2) is 86.8 Å². The number of fused-ring (bicyclic) bond motifs is 1. The fourth-order valence-electron chi connectivity index (χ4n) is 5.16. The Bertz CT molecular complexity index is 971. The number of anilines is 2. The van der Waals surface area contributed by atoms with Crippen LogP contribution >= 0.6 is 0 Å². The molecule has 34 heavy (non-hydrogen) atoms. The first kappa shape index (κ1) is 23.3. The summed E-state index contributed by atoms with van der Waals surface area (Å²) in [4.78, 5) is 12.4. The van der Waals surface area contributed by atoms with E-state index in [9.17, 15) is 5.11 Å². The van der Waals surface area contributed by atoms with Crippen molar-refractivity contribution in [1.29, 1.82) is 0 Å². The summed E-state index contributed by atoms with van der Waals surface area (Å²) in [6, 6.07) is 8.07. The molecule has 2 aromatic rings. The molecule has 1 aromatic carbocycles. The van der Waals surface area contributed by atoms with Gasteiger partial charge in [0, 0.05) is 50.5 Å². The number of aromatic nitrogens is 2. The van der Waals surface area contributed by atoms with Crippen LogP contribution in [0, 0.1) is 18.8 Å². The molecule has 3 fully saturated rings. The number of nitrogens with zero attached hydrogens (tertiary/aromatic N) is 3. The average Bonchev–Trinajstić information content (AvgIpc) is 3.58. The van der Waals surface area contributed by atoms with Crippen molar-refractivity contribution >= 4 is 11.6 Å². The Morgan fingerprint density at radius 3 is 2.82 bits per heavy atom. The summed E-state index contributed by atoms with van der Waals surface area (Å²) >= 11 is 0. The number of hydrogen-bond acceptors (Lipinski definition) is 9. The highest BCUT2D eigenvalue weighted by Gasteiger charge is 2.37. The zero-order valence-corrected chi connectivity index (χ0v) is 20.1. The van der Waals surface area contributed by atoms with Crippen LogP contribution in [0.4, 0.5) is 11.6 Å².